The van der Waals surface area contributed by atoms with E-state index >= 15 is 0 Å². The van der Waals surface area contributed by atoms with Crippen molar-refractivity contribution >= 4 is 42.1 Å². The number of nitrogens with zero attached hydrogens (tertiary/aromatic N) is 1. The first-order valence-electron chi connectivity index (χ1n) is 6.07. The minimum atomic E-state index is 0. The van der Waals surface area contributed by atoms with Crippen LogP contribution in [0.25, 0.3) is 0 Å². The van der Waals surface area contributed by atoms with Gasteiger partial charge < -0.3 is 10.6 Å². The molecule has 1 amide bonds. The number of hydrogen-bond donors (Lipinski definition) is 2. The molecule has 110 valence electrons. The number of carbonyl (C=O) groups excluding carboxylic acids is 1. The third kappa shape index (κ3) is 6.56. The van der Waals surface area contributed by atoms with Crippen molar-refractivity contribution in [2.45, 2.75) is 32.7 Å². The second-order valence-corrected chi connectivity index (χ2v) is 5.58. The molecule has 0 aliphatic heterocycles. The maximum Gasteiger partial charge on any atom is 0.234 e. The van der Waals surface area contributed by atoms with Gasteiger partial charge in [-0.25, -0.2) is 4.98 Å². The topological polar surface area (TPSA) is 54.0 Å². The van der Waals surface area contributed by atoms with Gasteiger partial charge >= 0.3 is 0 Å². The van der Waals surface area contributed by atoms with Gasteiger partial charge in [0, 0.05) is 11.1 Å². The van der Waals surface area contributed by atoms with Gasteiger partial charge in [0.1, 0.15) is 5.01 Å². The fourth-order valence-electron chi connectivity index (χ4n) is 1.64. The van der Waals surface area contributed by atoms with Gasteiger partial charge in [0.25, 0.3) is 0 Å². The van der Waals surface area contributed by atoms with Crippen molar-refractivity contribution in [1.82, 2.24) is 15.6 Å². The van der Waals surface area contributed by atoms with Gasteiger partial charge in [0.15, 0.2) is 0 Å². The molecule has 0 spiro atoms. The number of halogens is 2. The van der Waals surface area contributed by atoms with E-state index < -0.39 is 0 Å². The standard InChI is InChI=1S/C12H19N3OS.2ClH/c1-8-7-17-12(14-8)9(2)15-11(16)6-13-5-10-3-4-10;;/h7,9-10,13H,3-6H2,1-2H3,(H,15,16);2*1H. The molecule has 4 nitrogen and oxygen atoms in total. The van der Waals surface area contributed by atoms with Crippen molar-refractivity contribution in [3.05, 3.63) is 16.1 Å². The fourth-order valence-corrected chi connectivity index (χ4v) is 2.44. The third-order valence-corrected chi connectivity index (χ3v) is 3.95. The number of hydrogen-bond acceptors (Lipinski definition) is 4. The van der Waals surface area contributed by atoms with Crippen LogP contribution in [0.3, 0.4) is 0 Å². The van der Waals surface area contributed by atoms with Crippen LogP contribution in [0, 0.1) is 12.8 Å². The normalized spacial score (nSPS) is 15.1. The van der Waals surface area contributed by atoms with E-state index in [0.29, 0.717) is 6.54 Å². The van der Waals surface area contributed by atoms with E-state index in [1.54, 1.807) is 11.3 Å². The molecule has 0 aromatic carbocycles. The zero-order chi connectivity index (χ0) is 12.3. The fraction of sp³-hybridized carbons (Fsp3) is 0.667. The van der Waals surface area contributed by atoms with Crippen LogP contribution in [0.2, 0.25) is 0 Å². The van der Waals surface area contributed by atoms with Crippen molar-refractivity contribution in [3.63, 3.8) is 0 Å². The summed E-state index contributed by atoms with van der Waals surface area (Å²) < 4.78 is 0. The number of aromatic nitrogens is 1. The minimum Gasteiger partial charge on any atom is -0.346 e. The van der Waals surface area contributed by atoms with E-state index in [1.165, 1.54) is 12.8 Å². The van der Waals surface area contributed by atoms with Crippen LogP contribution in [0.5, 0.6) is 0 Å². The lowest BCUT2D eigenvalue weighted by atomic mass is 10.3. The Morgan fingerprint density at radius 2 is 2.21 bits per heavy atom. The molecule has 1 fully saturated rings. The lowest BCUT2D eigenvalue weighted by Gasteiger charge is -2.11. The summed E-state index contributed by atoms with van der Waals surface area (Å²) in [7, 11) is 0. The highest BCUT2D eigenvalue weighted by Crippen LogP contribution is 2.27. The second-order valence-electron chi connectivity index (χ2n) is 4.69. The Bertz CT molecular complexity index is 396. The van der Waals surface area contributed by atoms with Crippen molar-refractivity contribution in [2.75, 3.05) is 13.1 Å². The molecule has 7 heteroatoms. The van der Waals surface area contributed by atoms with Crippen molar-refractivity contribution in [1.29, 1.82) is 0 Å². The van der Waals surface area contributed by atoms with Crippen molar-refractivity contribution < 1.29 is 4.79 Å². The molecule has 2 rings (SSSR count). The van der Waals surface area contributed by atoms with Crippen LogP contribution in [-0.2, 0) is 4.79 Å². The first kappa shape index (κ1) is 18.6. The highest BCUT2D eigenvalue weighted by atomic mass is 35.5. The van der Waals surface area contributed by atoms with Gasteiger partial charge in [-0.3, -0.25) is 4.79 Å². The Morgan fingerprint density at radius 1 is 1.53 bits per heavy atom. The molecule has 1 aromatic rings. The van der Waals surface area contributed by atoms with E-state index in [4.69, 9.17) is 0 Å². The van der Waals surface area contributed by atoms with Crippen LogP contribution in [0.1, 0.15) is 36.5 Å². The summed E-state index contributed by atoms with van der Waals surface area (Å²) in [5.74, 6) is 0.854. The zero-order valence-corrected chi connectivity index (χ0v) is 13.6. The number of amides is 1. The molecule has 2 N–H and O–H groups in total. The third-order valence-electron chi connectivity index (χ3n) is 2.80. The van der Waals surface area contributed by atoms with E-state index in [0.717, 1.165) is 23.2 Å². The summed E-state index contributed by atoms with van der Waals surface area (Å²) in [4.78, 5) is 16.0. The highest BCUT2D eigenvalue weighted by molar-refractivity contribution is 7.09. The molecule has 1 aliphatic rings. The monoisotopic (exact) mass is 325 g/mol. The molecule has 0 bridgehead atoms. The smallest absolute Gasteiger partial charge is 0.234 e. The molecule has 0 saturated heterocycles. The van der Waals surface area contributed by atoms with E-state index in [-0.39, 0.29) is 36.8 Å². The van der Waals surface area contributed by atoms with Gasteiger partial charge in [-0.05, 0) is 39.2 Å². The molecular weight excluding hydrogens is 305 g/mol. The Labute approximate surface area is 130 Å². The summed E-state index contributed by atoms with van der Waals surface area (Å²) in [5.41, 5.74) is 1.01. The molecule has 19 heavy (non-hydrogen) atoms. The van der Waals surface area contributed by atoms with E-state index in [2.05, 4.69) is 15.6 Å². The maximum atomic E-state index is 11.6. The summed E-state index contributed by atoms with van der Waals surface area (Å²) >= 11 is 1.59. The molecule has 1 atom stereocenters. The summed E-state index contributed by atoms with van der Waals surface area (Å²) in [6.45, 7) is 5.31. The molecule has 1 aliphatic carbocycles. The summed E-state index contributed by atoms with van der Waals surface area (Å²) in [5, 5.41) is 9.10. The molecule has 0 radical (unpaired) electrons. The first-order chi connectivity index (χ1) is 8.15. The largest absolute Gasteiger partial charge is 0.346 e. The lowest BCUT2D eigenvalue weighted by Crippen LogP contribution is -2.36. The van der Waals surface area contributed by atoms with Crippen LogP contribution >= 0.6 is 36.2 Å². The first-order valence-corrected chi connectivity index (χ1v) is 6.95. The molecule has 1 unspecified atom stereocenters. The Kier molecular flexibility index (Phi) is 8.57. The van der Waals surface area contributed by atoms with Gasteiger partial charge in [-0.2, -0.15) is 0 Å². The quantitative estimate of drug-likeness (QED) is 0.844. The highest BCUT2D eigenvalue weighted by Gasteiger charge is 2.20. The van der Waals surface area contributed by atoms with Crippen LogP contribution in [-0.4, -0.2) is 24.0 Å². The Balaban J connectivity index is 0.00000162. The van der Waals surface area contributed by atoms with Crippen LogP contribution in [0.4, 0.5) is 0 Å². The number of carbonyl (C=O) groups is 1. The predicted molar refractivity (Wildman–Crippen MR) is 83.5 cm³/mol. The van der Waals surface area contributed by atoms with Crippen molar-refractivity contribution in [2.24, 2.45) is 5.92 Å². The summed E-state index contributed by atoms with van der Waals surface area (Å²) in [6, 6.07) is 0.00363. The average Bonchev–Trinajstić information content (AvgIpc) is 2.99. The van der Waals surface area contributed by atoms with Gasteiger partial charge in [0.2, 0.25) is 5.91 Å². The van der Waals surface area contributed by atoms with Crippen LogP contribution in [0.15, 0.2) is 5.38 Å². The molecule has 1 aromatic heterocycles. The van der Waals surface area contributed by atoms with Crippen LogP contribution < -0.4 is 10.6 Å². The second kappa shape index (κ2) is 8.74. The average molecular weight is 326 g/mol. The minimum absolute atomic E-state index is 0. The Morgan fingerprint density at radius 3 is 2.74 bits per heavy atom. The number of thiazole rings is 1. The van der Waals surface area contributed by atoms with E-state index in [9.17, 15) is 4.79 Å². The SMILES string of the molecule is Cc1csc(C(C)NC(=O)CNCC2CC2)n1.Cl.Cl. The van der Waals surface area contributed by atoms with Gasteiger partial charge in [-0.1, -0.05) is 0 Å². The molecular formula is C12H21Cl2N3OS. The van der Waals surface area contributed by atoms with Gasteiger partial charge in [0.05, 0.1) is 12.6 Å². The van der Waals surface area contributed by atoms with Gasteiger partial charge in [-0.15, -0.1) is 36.2 Å². The molecule has 1 heterocycles. The molecule has 1 saturated carbocycles. The predicted octanol–water partition coefficient (Wildman–Crippen LogP) is 2.47. The zero-order valence-electron chi connectivity index (χ0n) is 11.1. The number of nitrogens with one attached hydrogen (secondary N) is 2. The lowest BCUT2D eigenvalue weighted by molar-refractivity contribution is -0.120. The number of aryl methyl sites for hydroxylation is 1. The van der Waals surface area contributed by atoms with E-state index in [1.807, 2.05) is 19.2 Å². The maximum absolute atomic E-state index is 11.6. The Hall–Kier alpha value is -0.360. The van der Waals surface area contributed by atoms with Crippen molar-refractivity contribution in [3.8, 4) is 0 Å². The summed E-state index contributed by atoms with van der Waals surface area (Å²) in [6.07, 6.45) is 2.62. The number of rotatable bonds is 6.